The van der Waals surface area contributed by atoms with Crippen molar-refractivity contribution in [2.45, 2.75) is 57.1 Å². The minimum Gasteiger partial charge on any atom is -0.453 e. The molecule has 1 atom stereocenters. The van der Waals surface area contributed by atoms with Crippen molar-refractivity contribution < 1.29 is 28.7 Å². The van der Waals surface area contributed by atoms with Crippen molar-refractivity contribution in [2.75, 3.05) is 26.8 Å². The van der Waals surface area contributed by atoms with Crippen molar-refractivity contribution >= 4 is 23.8 Å². The number of ether oxygens (including phenoxy) is 2. The maximum Gasteiger partial charge on any atom is 0.325 e. The Morgan fingerprint density at radius 1 is 1.31 bits per heavy atom. The van der Waals surface area contributed by atoms with Crippen LogP contribution in [0.3, 0.4) is 0 Å². The van der Waals surface area contributed by atoms with E-state index in [4.69, 9.17) is 9.47 Å². The summed E-state index contributed by atoms with van der Waals surface area (Å²) in [7, 11) is 1.52. The third-order valence-electron chi connectivity index (χ3n) is 4.75. The van der Waals surface area contributed by atoms with Gasteiger partial charge in [0.1, 0.15) is 5.54 Å². The number of esters is 1. The van der Waals surface area contributed by atoms with Gasteiger partial charge in [0.25, 0.3) is 11.8 Å². The van der Waals surface area contributed by atoms with Crippen molar-refractivity contribution in [3.8, 4) is 0 Å². The summed E-state index contributed by atoms with van der Waals surface area (Å²) in [5.41, 5.74) is -0.730. The monoisotopic (exact) mass is 369 g/mol. The van der Waals surface area contributed by atoms with E-state index in [0.717, 1.165) is 12.8 Å². The summed E-state index contributed by atoms with van der Waals surface area (Å²) >= 11 is 0. The Kier molecular flexibility index (Phi) is 6.96. The highest BCUT2D eigenvalue weighted by atomic mass is 16.5. The minimum atomic E-state index is -0.905. The van der Waals surface area contributed by atoms with Crippen molar-refractivity contribution in [1.29, 1.82) is 0 Å². The van der Waals surface area contributed by atoms with Gasteiger partial charge in [0.2, 0.25) is 0 Å². The Hall–Kier alpha value is -2.16. The Labute approximate surface area is 152 Å². The number of amides is 4. The maximum absolute atomic E-state index is 12.5. The zero-order valence-corrected chi connectivity index (χ0v) is 15.3. The number of imide groups is 1. The number of nitrogens with zero attached hydrogens (tertiary/aromatic N) is 1. The molecule has 0 bridgehead atoms. The van der Waals surface area contributed by atoms with Crippen LogP contribution in [0.1, 0.15) is 45.4 Å². The van der Waals surface area contributed by atoms with E-state index in [2.05, 4.69) is 10.6 Å². The minimum absolute atomic E-state index is 0.0275. The number of nitrogens with one attached hydrogen (secondary N) is 2. The lowest BCUT2D eigenvalue weighted by Gasteiger charge is -2.20. The SMILES string of the molecule is COCCNC(=O)[C@@H](C)OC(=O)CCCN1C(=O)NC2(CCCC2)C1=O. The predicted octanol–water partition coefficient (Wildman–Crippen LogP) is 0.326. The summed E-state index contributed by atoms with van der Waals surface area (Å²) in [6, 6.07) is -0.392. The van der Waals surface area contributed by atoms with Crippen LogP contribution >= 0.6 is 0 Å². The van der Waals surface area contributed by atoms with Crippen LogP contribution in [0.2, 0.25) is 0 Å². The highest BCUT2D eigenvalue weighted by Crippen LogP contribution is 2.35. The van der Waals surface area contributed by atoms with Gasteiger partial charge >= 0.3 is 12.0 Å². The van der Waals surface area contributed by atoms with E-state index in [1.807, 2.05) is 0 Å². The molecule has 0 aromatic rings. The Balaban J connectivity index is 1.70. The van der Waals surface area contributed by atoms with Gasteiger partial charge in [-0.1, -0.05) is 12.8 Å². The molecule has 1 heterocycles. The standard InChI is InChI=1S/C17H27N3O6/c1-12(14(22)18-9-11-25-2)26-13(21)6-5-10-20-15(23)17(19-16(20)24)7-3-4-8-17/h12H,3-11H2,1-2H3,(H,18,22)(H,19,24)/t12-/m1/s1. The molecule has 26 heavy (non-hydrogen) atoms. The molecule has 2 fully saturated rings. The molecule has 1 aliphatic carbocycles. The van der Waals surface area contributed by atoms with Crippen LogP contribution in [0, 0.1) is 0 Å². The van der Waals surface area contributed by atoms with Gasteiger partial charge in [-0.3, -0.25) is 19.3 Å². The number of urea groups is 1. The van der Waals surface area contributed by atoms with Crippen LogP contribution in [0.4, 0.5) is 4.79 Å². The first-order valence-electron chi connectivity index (χ1n) is 9.00. The summed E-state index contributed by atoms with van der Waals surface area (Å²) in [5.74, 6) is -1.13. The Morgan fingerprint density at radius 3 is 2.65 bits per heavy atom. The zero-order chi connectivity index (χ0) is 19.2. The van der Waals surface area contributed by atoms with Crippen LogP contribution in [-0.2, 0) is 23.9 Å². The van der Waals surface area contributed by atoms with Crippen LogP contribution in [0.25, 0.3) is 0 Å². The number of hydrogen-bond acceptors (Lipinski definition) is 6. The van der Waals surface area contributed by atoms with Crippen molar-refractivity contribution in [3.05, 3.63) is 0 Å². The fourth-order valence-electron chi connectivity index (χ4n) is 3.31. The maximum atomic E-state index is 12.5. The summed E-state index contributed by atoms with van der Waals surface area (Å²) in [4.78, 5) is 49.2. The van der Waals surface area contributed by atoms with E-state index in [1.54, 1.807) is 0 Å². The van der Waals surface area contributed by atoms with Crippen molar-refractivity contribution in [2.24, 2.45) is 0 Å². The summed E-state index contributed by atoms with van der Waals surface area (Å²) in [6.07, 6.45) is 2.62. The number of carbonyl (C=O) groups excluding carboxylic acids is 4. The van der Waals surface area contributed by atoms with Gasteiger partial charge in [-0.15, -0.1) is 0 Å². The van der Waals surface area contributed by atoms with Crippen LogP contribution in [0.5, 0.6) is 0 Å². The number of carbonyl (C=O) groups is 4. The molecule has 9 heteroatoms. The smallest absolute Gasteiger partial charge is 0.325 e. The third-order valence-corrected chi connectivity index (χ3v) is 4.75. The zero-order valence-electron chi connectivity index (χ0n) is 15.3. The van der Waals surface area contributed by atoms with E-state index < -0.39 is 29.6 Å². The van der Waals surface area contributed by atoms with Crippen LogP contribution in [-0.4, -0.2) is 67.2 Å². The molecule has 2 rings (SSSR count). The molecular formula is C17H27N3O6. The predicted molar refractivity (Wildman–Crippen MR) is 91.1 cm³/mol. The topological polar surface area (TPSA) is 114 Å². The average Bonchev–Trinajstić information content (AvgIpc) is 3.15. The lowest BCUT2D eigenvalue weighted by molar-refractivity contribution is -0.155. The van der Waals surface area contributed by atoms with E-state index in [1.165, 1.54) is 18.9 Å². The first kappa shape index (κ1) is 20.2. The molecule has 1 spiro atoms. The fourth-order valence-corrected chi connectivity index (χ4v) is 3.31. The molecule has 0 radical (unpaired) electrons. The molecular weight excluding hydrogens is 342 g/mol. The highest BCUT2D eigenvalue weighted by Gasteiger charge is 2.52. The van der Waals surface area contributed by atoms with E-state index >= 15 is 0 Å². The van der Waals surface area contributed by atoms with E-state index in [9.17, 15) is 19.2 Å². The molecule has 2 aliphatic rings. The average molecular weight is 369 g/mol. The number of rotatable bonds is 9. The van der Waals surface area contributed by atoms with Crippen LogP contribution < -0.4 is 10.6 Å². The van der Waals surface area contributed by atoms with Gasteiger partial charge in [0.05, 0.1) is 6.61 Å². The molecule has 146 valence electrons. The lowest BCUT2D eigenvalue weighted by atomic mass is 9.98. The molecule has 0 aromatic carbocycles. The largest absolute Gasteiger partial charge is 0.453 e. The first-order chi connectivity index (χ1) is 12.4. The molecule has 1 aliphatic heterocycles. The Bertz CT molecular complexity index is 559. The fraction of sp³-hybridized carbons (Fsp3) is 0.765. The lowest BCUT2D eigenvalue weighted by Crippen LogP contribution is -2.44. The van der Waals surface area contributed by atoms with Gasteiger partial charge in [-0.05, 0) is 26.2 Å². The molecule has 4 amide bonds. The molecule has 0 unspecified atom stereocenters. The second kappa shape index (κ2) is 8.98. The number of hydrogen-bond donors (Lipinski definition) is 2. The van der Waals surface area contributed by atoms with Gasteiger partial charge in [0, 0.05) is 26.6 Å². The Morgan fingerprint density at radius 2 is 2.00 bits per heavy atom. The molecule has 1 saturated heterocycles. The molecule has 9 nitrogen and oxygen atoms in total. The van der Waals surface area contributed by atoms with Gasteiger partial charge < -0.3 is 20.1 Å². The molecule has 2 N–H and O–H groups in total. The van der Waals surface area contributed by atoms with Gasteiger partial charge in [-0.2, -0.15) is 0 Å². The highest BCUT2D eigenvalue weighted by molar-refractivity contribution is 6.07. The van der Waals surface area contributed by atoms with E-state index in [-0.39, 0.29) is 18.9 Å². The van der Waals surface area contributed by atoms with Crippen molar-refractivity contribution in [1.82, 2.24) is 15.5 Å². The first-order valence-corrected chi connectivity index (χ1v) is 9.00. The third kappa shape index (κ3) is 4.72. The summed E-state index contributed by atoms with van der Waals surface area (Å²) in [6.45, 7) is 2.36. The second-order valence-electron chi connectivity index (χ2n) is 6.70. The molecule has 0 aromatic heterocycles. The van der Waals surface area contributed by atoms with Crippen molar-refractivity contribution in [3.63, 3.8) is 0 Å². The summed E-state index contributed by atoms with van der Waals surface area (Å²) in [5, 5.41) is 5.38. The van der Waals surface area contributed by atoms with Gasteiger partial charge in [-0.25, -0.2) is 4.79 Å². The van der Waals surface area contributed by atoms with Crippen LogP contribution in [0.15, 0.2) is 0 Å². The second-order valence-corrected chi connectivity index (χ2v) is 6.70. The summed E-state index contributed by atoms with van der Waals surface area (Å²) < 4.78 is 9.88. The quantitative estimate of drug-likeness (QED) is 0.344. The van der Waals surface area contributed by atoms with Gasteiger partial charge in [0.15, 0.2) is 6.10 Å². The normalized spacial score (nSPS) is 19.5. The van der Waals surface area contributed by atoms with E-state index in [0.29, 0.717) is 32.4 Å². The molecule has 1 saturated carbocycles. The number of methoxy groups -OCH3 is 1.